The molecule has 20 heavy (non-hydrogen) atoms. The Morgan fingerprint density at radius 1 is 1.50 bits per heavy atom. The molecule has 0 bridgehead atoms. The molecule has 110 valence electrons. The highest BCUT2D eigenvalue weighted by Crippen LogP contribution is 2.29. The molecule has 0 radical (unpaired) electrons. The molecule has 0 unspecified atom stereocenters. The lowest BCUT2D eigenvalue weighted by atomic mass is 9.85. The second kappa shape index (κ2) is 6.20. The van der Waals surface area contributed by atoms with E-state index in [0.29, 0.717) is 17.4 Å². The summed E-state index contributed by atoms with van der Waals surface area (Å²) >= 11 is 0. The van der Waals surface area contributed by atoms with E-state index in [1.165, 1.54) is 19.3 Å². The van der Waals surface area contributed by atoms with Gasteiger partial charge >= 0.3 is 5.97 Å². The van der Waals surface area contributed by atoms with E-state index in [2.05, 4.69) is 14.9 Å². The molecular weight excluding hydrogens is 254 g/mol. The first-order chi connectivity index (χ1) is 9.52. The summed E-state index contributed by atoms with van der Waals surface area (Å²) in [6, 6.07) is 0. The molecule has 1 saturated carbocycles. The Kier molecular flexibility index (Phi) is 4.57. The van der Waals surface area contributed by atoms with Crippen LogP contribution in [0.4, 0.5) is 5.69 Å². The van der Waals surface area contributed by atoms with Crippen LogP contribution in [0.1, 0.15) is 62.3 Å². The fourth-order valence-corrected chi connectivity index (χ4v) is 2.44. The van der Waals surface area contributed by atoms with Crippen molar-refractivity contribution in [2.75, 3.05) is 18.0 Å². The van der Waals surface area contributed by atoms with Crippen LogP contribution in [0.25, 0.3) is 0 Å². The van der Waals surface area contributed by atoms with Gasteiger partial charge in [0.2, 0.25) is 0 Å². The van der Waals surface area contributed by atoms with E-state index in [4.69, 9.17) is 0 Å². The zero-order valence-corrected chi connectivity index (χ0v) is 12.5. The smallest absolute Gasteiger partial charge is 0.356 e. The molecule has 5 nitrogen and oxygen atoms in total. The van der Waals surface area contributed by atoms with Gasteiger partial charge in [0.1, 0.15) is 5.82 Å². The lowest BCUT2D eigenvalue weighted by Crippen LogP contribution is -2.34. The largest absolute Gasteiger partial charge is 0.476 e. The van der Waals surface area contributed by atoms with Crippen molar-refractivity contribution in [1.29, 1.82) is 0 Å². The van der Waals surface area contributed by atoms with Gasteiger partial charge in [0.15, 0.2) is 5.69 Å². The number of anilines is 1. The van der Waals surface area contributed by atoms with Gasteiger partial charge < -0.3 is 10.0 Å². The first kappa shape index (κ1) is 14.8. The number of carboxylic acid groups (broad SMARTS) is 1. The molecular formula is C15H23N3O2. The van der Waals surface area contributed by atoms with E-state index >= 15 is 0 Å². The Hall–Kier alpha value is -1.65. The van der Waals surface area contributed by atoms with Crippen molar-refractivity contribution < 1.29 is 9.90 Å². The van der Waals surface area contributed by atoms with Crippen LogP contribution in [0.5, 0.6) is 0 Å². The van der Waals surface area contributed by atoms with Crippen LogP contribution in [0.15, 0.2) is 6.20 Å². The maximum absolute atomic E-state index is 11.5. The number of nitrogens with zero attached hydrogens (tertiary/aromatic N) is 3. The molecule has 0 aliphatic heterocycles. The molecule has 0 saturated heterocycles. The topological polar surface area (TPSA) is 66.3 Å². The van der Waals surface area contributed by atoms with Gasteiger partial charge in [-0.05, 0) is 25.7 Å². The Balaban J connectivity index is 2.29. The van der Waals surface area contributed by atoms with Crippen molar-refractivity contribution in [2.24, 2.45) is 5.92 Å². The molecule has 2 rings (SSSR count). The van der Waals surface area contributed by atoms with E-state index in [1.807, 2.05) is 20.8 Å². The van der Waals surface area contributed by atoms with E-state index in [1.54, 1.807) is 6.20 Å². The Labute approximate surface area is 120 Å². The molecule has 1 aromatic rings. The average molecular weight is 277 g/mol. The third-order valence-electron chi connectivity index (χ3n) is 3.93. The van der Waals surface area contributed by atoms with Crippen LogP contribution in [0.2, 0.25) is 0 Å². The highest BCUT2D eigenvalue weighted by molar-refractivity contribution is 5.92. The van der Waals surface area contributed by atoms with Crippen LogP contribution in [0.3, 0.4) is 0 Å². The second-order valence-electron chi connectivity index (χ2n) is 5.76. The molecule has 0 atom stereocenters. The Morgan fingerprint density at radius 2 is 2.20 bits per heavy atom. The van der Waals surface area contributed by atoms with Crippen molar-refractivity contribution in [3.05, 3.63) is 17.7 Å². The molecule has 0 aromatic carbocycles. The maximum atomic E-state index is 11.5. The predicted octanol–water partition coefficient (Wildman–Crippen LogP) is 2.92. The molecule has 1 N–H and O–H groups in total. The number of carbonyl (C=O) groups is 1. The zero-order chi connectivity index (χ0) is 14.7. The number of carboxylic acids is 1. The SMILES string of the molecule is CCN(CC1CCC1)c1cnc(C(C)C)nc1C(=O)O. The standard InChI is InChI=1S/C15H23N3O2/c1-4-18(9-11-6-5-7-11)12-8-16-14(10(2)3)17-13(12)15(19)20/h8,10-11H,4-7,9H2,1-3H3,(H,19,20). The minimum absolute atomic E-state index is 0.129. The fraction of sp³-hybridized carbons (Fsp3) is 0.667. The zero-order valence-electron chi connectivity index (χ0n) is 12.5. The number of aromatic carboxylic acids is 1. The quantitative estimate of drug-likeness (QED) is 0.866. The number of aromatic nitrogens is 2. The summed E-state index contributed by atoms with van der Waals surface area (Å²) in [6.07, 6.45) is 5.44. The van der Waals surface area contributed by atoms with E-state index in [9.17, 15) is 9.90 Å². The Morgan fingerprint density at radius 3 is 2.65 bits per heavy atom. The summed E-state index contributed by atoms with van der Waals surface area (Å²) < 4.78 is 0. The lowest BCUT2D eigenvalue weighted by molar-refractivity contribution is 0.0690. The predicted molar refractivity (Wildman–Crippen MR) is 78.3 cm³/mol. The molecule has 5 heteroatoms. The molecule has 1 fully saturated rings. The Bertz CT molecular complexity index is 484. The summed E-state index contributed by atoms with van der Waals surface area (Å²) in [6.45, 7) is 7.65. The van der Waals surface area contributed by atoms with Gasteiger partial charge in [-0.2, -0.15) is 0 Å². The summed E-state index contributed by atoms with van der Waals surface area (Å²) in [5.74, 6) is 0.424. The first-order valence-electron chi connectivity index (χ1n) is 7.38. The lowest BCUT2D eigenvalue weighted by Gasteiger charge is -2.33. The number of hydrogen-bond acceptors (Lipinski definition) is 4. The van der Waals surface area contributed by atoms with Gasteiger partial charge in [0, 0.05) is 19.0 Å². The average Bonchev–Trinajstić information content (AvgIpc) is 2.37. The molecule has 0 amide bonds. The van der Waals surface area contributed by atoms with Crippen molar-refractivity contribution in [1.82, 2.24) is 9.97 Å². The van der Waals surface area contributed by atoms with Crippen LogP contribution in [-0.4, -0.2) is 34.1 Å². The van der Waals surface area contributed by atoms with Crippen LogP contribution < -0.4 is 4.90 Å². The van der Waals surface area contributed by atoms with Crippen molar-refractivity contribution in [3.63, 3.8) is 0 Å². The van der Waals surface area contributed by atoms with Gasteiger partial charge in [-0.25, -0.2) is 14.8 Å². The minimum Gasteiger partial charge on any atom is -0.476 e. The van der Waals surface area contributed by atoms with E-state index < -0.39 is 5.97 Å². The number of rotatable bonds is 6. The molecule has 1 aliphatic rings. The summed E-state index contributed by atoms with van der Waals surface area (Å²) in [4.78, 5) is 22.1. The van der Waals surface area contributed by atoms with Gasteiger partial charge in [-0.15, -0.1) is 0 Å². The first-order valence-corrected chi connectivity index (χ1v) is 7.38. The number of hydrogen-bond donors (Lipinski definition) is 1. The highest BCUT2D eigenvalue weighted by Gasteiger charge is 2.24. The fourth-order valence-electron chi connectivity index (χ4n) is 2.44. The molecule has 1 aromatic heterocycles. The molecule has 1 aliphatic carbocycles. The third-order valence-corrected chi connectivity index (χ3v) is 3.93. The third kappa shape index (κ3) is 3.08. The molecule has 0 spiro atoms. The van der Waals surface area contributed by atoms with E-state index in [-0.39, 0.29) is 11.6 Å². The van der Waals surface area contributed by atoms with Crippen molar-refractivity contribution in [2.45, 2.75) is 46.0 Å². The molecule has 1 heterocycles. The monoisotopic (exact) mass is 277 g/mol. The summed E-state index contributed by atoms with van der Waals surface area (Å²) in [5, 5.41) is 9.40. The van der Waals surface area contributed by atoms with Gasteiger partial charge in [-0.3, -0.25) is 0 Å². The van der Waals surface area contributed by atoms with Crippen LogP contribution in [0, 0.1) is 5.92 Å². The van der Waals surface area contributed by atoms with Gasteiger partial charge in [-0.1, -0.05) is 20.3 Å². The normalized spacial score (nSPS) is 15.2. The van der Waals surface area contributed by atoms with Crippen molar-refractivity contribution in [3.8, 4) is 0 Å². The second-order valence-corrected chi connectivity index (χ2v) is 5.76. The maximum Gasteiger partial charge on any atom is 0.356 e. The highest BCUT2D eigenvalue weighted by atomic mass is 16.4. The summed E-state index contributed by atoms with van der Waals surface area (Å²) in [5.41, 5.74) is 0.779. The van der Waals surface area contributed by atoms with Gasteiger partial charge in [0.05, 0.1) is 11.9 Å². The van der Waals surface area contributed by atoms with E-state index in [0.717, 1.165) is 13.1 Å². The van der Waals surface area contributed by atoms with Crippen LogP contribution in [-0.2, 0) is 0 Å². The van der Waals surface area contributed by atoms with Crippen LogP contribution >= 0.6 is 0 Å². The summed E-state index contributed by atoms with van der Waals surface area (Å²) in [7, 11) is 0. The minimum atomic E-state index is -0.976. The van der Waals surface area contributed by atoms with Gasteiger partial charge in [0.25, 0.3) is 0 Å². The van der Waals surface area contributed by atoms with Crippen molar-refractivity contribution >= 4 is 11.7 Å².